The van der Waals surface area contributed by atoms with E-state index in [-0.39, 0.29) is 6.42 Å². The number of hydrogen-bond acceptors (Lipinski definition) is 4. The van der Waals surface area contributed by atoms with Gasteiger partial charge in [0, 0.05) is 13.0 Å². The number of amides is 1. The second-order valence-corrected chi connectivity index (χ2v) is 5.73. The van der Waals surface area contributed by atoms with E-state index in [9.17, 15) is 14.7 Å². The number of carbonyl (C=O) groups excluding carboxylic acids is 1. The molecule has 0 fully saturated rings. The smallest absolute Gasteiger partial charge is 0.407 e. The Labute approximate surface area is 123 Å². The Hall–Kier alpha value is -2.08. The summed E-state index contributed by atoms with van der Waals surface area (Å²) in [6, 6.07) is 6.97. The van der Waals surface area contributed by atoms with Gasteiger partial charge in [-0.3, -0.25) is 0 Å². The molecule has 1 amide bonds. The predicted octanol–water partition coefficient (Wildman–Crippen LogP) is 1.70. The van der Waals surface area contributed by atoms with Gasteiger partial charge < -0.3 is 20.3 Å². The molecular formula is C15H21NO5. The Kier molecular flexibility index (Phi) is 5.72. The lowest BCUT2D eigenvalue weighted by Crippen LogP contribution is -2.32. The number of carbonyl (C=O) groups is 2. The van der Waals surface area contributed by atoms with Crippen LogP contribution in [0.3, 0.4) is 0 Å². The van der Waals surface area contributed by atoms with Gasteiger partial charge in [0.05, 0.1) is 0 Å². The van der Waals surface area contributed by atoms with E-state index in [1.807, 2.05) is 0 Å². The highest BCUT2D eigenvalue weighted by Crippen LogP contribution is 2.09. The van der Waals surface area contributed by atoms with Crippen LogP contribution in [0.5, 0.6) is 0 Å². The molecule has 116 valence electrons. The molecule has 1 aromatic carbocycles. The van der Waals surface area contributed by atoms with Crippen molar-refractivity contribution in [1.29, 1.82) is 0 Å². The Balaban J connectivity index is 2.48. The molecule has 0 spiro atoms. The number of carboxylic acid groups (broad SMARTS) is 1. The number of aliphatic hydroxyl groups is 1. The lowest BCUT2D eigenvalue weighted by atomic mass is 10.1. The minimum absolute atomic E-state index is 0.0507. The normalized spacial score (nSPS) is 12.6. The number of carboxylic acids is 1. The van der Waals surface area contributed by atoms with Crippen molar-refractivity contribution in [2.75, 3.05) is 0 Å². The number of benzene rings is 1. The van der Waals surface area contributed by atoms with Crippen LogP contribution in [-0.4, -0.2) is 34.0 Å². The molecule has 0 saturated heterocycles. The number of ether oxygens (including phenoxy) is 1. The van der Waals surface area contributed by atoms with Crippen molar-refractivity contribution >= 4 is 12.1 Å². The second kappa shape index (κ2) is 7.08. The summed E-state index contributed by atoms with van der Waals surface area (Å²) in [7, 11) is 0. The average molecular weight is 295 g/mol. The monoisotopic (exact) mass is 295 g/mol. The zero-order chi connectivity index (χ0) is 16.0. The van der Waals surface area contributed by atoms with E-state index >= 15 is 0 Å². The van der Waals surface area contributed by atoms with Gasteiger partial charge in [0.15, 0.2) is 6.10 Å². The molecular weight excluding hydrogens is 274 g/mol. The maximum atomic E-state index is 11.5. The zero-order valence-electron chi connectivity index (χ0n) is 12.4. The van der Waals surface area contributed by atoms with E-state index in [4.69, 9.17) is 9.84 Å². The van der Waals surface area contributed by atoms with Crippen molar-refractivity contribution in [3.63, 3.8) is 0 Å². The summed E-state index contributed by atoms with van der Waals surface area (Å²) in [6.45, 7) is 5.68. The third-order valence-corrected chi connectivity index (χ3v) is 2.57. The van der Waals surface area contributed by atoms with Gasteiger partial charge >= 0.3 is 12.1 Å². The molecule has 0 heterocycles. The van der Waals surface area contributed by atoms with Crippen LogP contribution in [0.2, 0.25) is 0 Å². The lowest BCUT2D eigenvalue weighted by Gasteiger charge is -2.19. The molecule has 0 aliphatic rings. The molecule has 1 rings (SSSR count). The Morgan fingerprint density at radius 2 is 1.71 bits per heavy atom. The third kappa shape index (κ3) is 6.76. The molecule has 0 saturated carbocycles. The first-order valence-electron chi connectivity index (χ1n) is 6.63. The first-order valence-corrected chi connectivity index (χ1v) is 6.63. The van der Waals surface area contributed by atoms with Gasteiger partial charge in [-0.25, -0.2) is 9.59 Å². The van der Waals surface area contributed by atoms with Gasteiger partial charge in [-0.2, -0.15) is 0 Å². The van der Waals surface area contributed by atoms with Crippen molar-refractivity contribution in [1.82, 2.24) is 5.32 Å². The van der Waals surface area contributed by atoms with Crippen LogP contribution in [0.4, 0.5) is 4.79 Å². The summed E-state index contributed by atoms with van der Waals surface area (Å²) < 4.78 is 5.11. The summed E-state index contributed by atoms with van der Waals surface area (Å²) in [6.07, 6.45) is -1.85. The molecule has 0 bridgehead atoms. The third-order valence-electron chi connectivity index (χ3n) is 2.57. The topological polar surface area (TPSA) is 95.9 Å². The predicted molar refractivity (Wildman–Crippen MR) is 76.9 cm³/mol. The van der Waals surface area contributed by atoms with E-state index in [2.05, 4.69) is 5.32 Å². The average Bonchev–Trinajstić information content (AvgIpc) is 2.35. The fourth-order valence-electron chi connectivity index (χ4n) is 1.59. The number of aliphatic hydroxyl groups excluding tert-OH is 1. The fraction of sp³-hybridized carbons (Fsp3) is 0.467. The molecule has 1 aromatic rings. The highest BCUT2D eigenvalue weighted by molar-refractivity contribution is 5.72. The van der Waals surface area contributed by atoms with Gasteiger partial charge in [0.25, 0.3) is 0 Å². The zero-order valence-corrected chi connectivity index (χ0v) is 12.4. The van der Waals surface area contributed by atoms with E-state index in [0.29, 0.717) is 12.1 Å². The van der Waals surface area contributed by atoms with Crippen molar-refractivity contribution < 1.29 is 24.5 Å². The second-order valence-electron chi connectivity index (χ2n) is 5.73. The van der Waals surface area contributed by atoms with Crippen LogP contribution in [-0.2, 0) is 22.5 Å². The maximum Gasteiger partial charge on any atom is 0.407 e. The summed E-state index contributed by atoms with van der Waals surface area (Å²) in [4.78, 5) is 22.0. The SMILES string of the molecule is CC(C)(C)OC(=O)NCc1ccc(C[C@@H](O)C(=O)O)cc1. The molecule has 6 nitrogen and oxygen atoms in total. The Bertz CT molecular complexity index is 490. The molecule has 0 aliphatic carbocycles. The molecule has 0 aliphatic heterocycles. The number of rotatable bonds is 5. The molecule has 1 atom stereocenters. The highest BCUT2D eigenvalue weighted by Gasteiger charge is 2.16. The van der Waals surface area contributed by atoms with E-state index in [0.717, 1.165) is 5.56 Å². The summed E-state index contributed by atoms with van der Waals surface area (Å²) in [5, 5.41) is 20.5. The van der Waals surface area contributed by atoms with E-state index in [1.54, 1.807) is 45.0 Å². The van der Waals surface area contributed by atoms with Gasteiger partial charge in [0.2, 0.25) is 0 Å². The summed E-state index contributed by atoms with van der Waals surface area (Å²) in [5.74, 6) is -1.24. The quantitative estimate of drug-likeness (QED) is 0.768. The van der Waals surface area contributed by atoms with Gasteiger partial charge in [0.1, 0.15) is 5.60 Å². The number of alkyl carbamates (subject to hydrolysis) is 1. The minimum Gasteiger partial charge on any atom is -0.479 e. The van der Waals surface area contributed by atoms with Gasteiger partial charge in [-0.1, -0.05) is 24.3 Å². The molecule has 3 N–H and O–H groups in total. The van der Waals surface area contributed by atoms with Crippen molar-refractivity contribution in [2.45, 2.75) is 45.4 Å². The first kappa shape index (κ1) is 17.0. The van der Waals surface area contributed by atoms with E-state index < -0.39 is 23.8 Å². The highest BCUT2D eigenvalue weighted by atomic mass is 16.6. The van der Waals surface area contributed by atoms with Crippen LogP contribution in [0.15, 0.2) is 24.3 Å². The molecule has 0 unspecified atom stereocenters. The molecule has 0 radical (unpaired) electrons. The maximum absolute atomic E-state index is 11.5. The van der Waals surface area contributed by atoms with Crippen molar-refractivity contribution in [3.05, 3.63) is 35.4 Å². The molecule has 0 aromatic heterocycles. The fourth-order valence-corrected chi connectivity index (χ4v) is 1.59. The van der Waals surface area contributed by atoms with Crippen molar-refractivity contribution in [3.8, 4) is 0 Å². The van der Waals surface area contributed by atoms with Crippen LogP contribution in [0.25, 0.3) is 0 Å². The number of hydrogen-bond donors (Lipinski definition) is 3. The number of nitrogens with one attached hydrogen (secondary N) is 1. The van der Waals surface area contributed by atoms with Gasteiger partial charge in [-0.15, -0.1) is 0 Å². The molecule has 21 heavy (non-hydrogen) atoms. The van der Waals surface area contributed by atoms with Crippen molar-refractivity contribution in [2.24, 2.45) is 0 Å². The Morgan fingerprint density at radius 3 is 2.19 bits per heavy atom. The summed E-state index contributed by atoms with van der Waals surface area (Å²) >= 11 is 0. The largest absolute Gasteiger partial charge is 0.479 e. The van der Waals surface area contributed by atoms with Crippen LogP contribution in [0, 0.1) is 0 Å². The lowest BCUT2D eigenvalue weighted by molar-refractivity contribution is -0.146. The first-order chi connectivity index (χ1) is 9.67. The van der Waals surface area contributed by atoms with Crippen LogP contribution >= 0.6 is 0 Å². The molecule has 6 heteroatoms. The summed E-state index contributed by atoms with van der Waals surface area (Å²) in [5.41, 5.74) is 1.03. The standard InChI is InChI=1S/C15H21NO5/c1-15(2,3)21-14(20)16-9-11-6-4-10(5-7-11)8-12(17)13(18)19/h4-7,12,17H,8-9H2,1-3H3,(H,16,20)(H,18,19)/t12-/m1/s1. The van der Waals surface area contributed by atoms with Gasteiger partial charge in [-0.05, 0) is 31.9 Å². The van der Waals surface area contributed by atoms with E-state index in [1.165, 1.54) is 0 Å². The van der Waals surface area contributed by atoms with Crippen LogP contribution in [0.1, 0.15) is 31.9 Å². The van der Waals surface area contributed by atoms with Crippen LogP contribution < -0.4 is 5.32 Å². The Morgan fingerprint density at radius 1 is 1.19 bits per heavy atom. The number of aliphatic carboxylic acids is 1. The minimum atomic E-state index is -1.41.